The monoisotopic (exact) mass is 658 g/mol. The van der Waals surface area contributed by atoms with E-state index in [1.807, 2.05) is 13.8 Å². The van der Waals surface area contributed by atoms with Crippen LogP contribution in [0.1, 0.15) is 92.4 Å². The molecule has 0 aromatic rings. The van der Waals surface area contributed by atoms with E-state index in [0.717, 1.165) is 19.3 Å². The number of rotatable bonds is 11. The molecule has 0 aromatic heterocycles. The van der Waals surface area contributed by atoms with E-state index in [4.69, 9.17) is 14.2 Å². The molecule has 0 amide bonds. The summed E-state index contributed by atoms with van der Waals surface area (Å²) in [6, 6.07) is 0. The van der Waals surface area contributed by atoms with Crippen molar-refractivity contribution in [2.24, 2.45) is 46.3 Å². The van der Waals surface area contributed by atoms with Crippen molar-refractivity contribution >= 4 is 0 Å². The van der Waals surface area contributed by atoms with Gasteiger partial charge in [0, 0.05) is 19.4 Å². The highest BCUT2D eigenvalue weighted by atomic mass is 16.7. The first-order valence-corrected chi connectivity index (χ1v) is 17.7. The molecule has 5 aliphatic rings. The lowest BCUT2D eigenvalue weighted by molar-refractivity contribution is -0.263. The van der Waals surface area contributed by atoms with E-state index in [-0.39, 0.29) is 59.4 Å². The molecule has 0 radical (unpaired) electrons. The maximum absolute atomic E-state index is 12.6. The molecule has 1 heterocycles. The molecule has 5 fully saturated rings. The second kappa shape index (κ2) is 13.4. The van der Waals surface area contributed by atoms with Crippen LogP contribution in [-0.4, -0.2) is 121 Å². The normalized spacial score (nSPS) is 50.0. The van der Waals surface area contributed by atoms with Crippen LogP contribution >= 0.6 is 0 Å². The minimum absolute atomic E-state index is 0.0475. The molecule has 2 unspecified atom stereocenters. The zero-order chi connectivity index (χ0) is 34.0. The Bertz CT molecular complexity index is 1040. The lowest BCUT2D eigenvalue weighted by atomic mass is 9.42. The molecule has 17 atom stereocenters. The largest absolute Gasteiger partial charge is 0.394 e. The van der Waals surface area contributed by atoms with Gasteiger partial charge in [-0.1, -0.05) is 34.6 Å². The van der Waals surface area contributed by atoms with Gasteiger partial charge in [-0.2, -0.15) is 0 Å². The van der Waals surface area contributed by atoms with Gasteiger partial charge in [-0.25, -0.2) is 0 Å². The molecule has 8 N–H and O–H groups in total. The van der Waals surface area contributed by atoms with Gasteiger partial charge in [-0.05, 0) is 91.8 Å². The Balaban J connectivity index is 1.26. The van der Waals surface area contributed by atoms with Gasteiger partial charge in [0.05, 0.1) is 42.7 Å². The van der Waals surface area contributed by atoms with Gasteiger partial charge in [-0.3, -0.25) is 0 Å². The van der Waals surface area contributed by atoms with Crippen LogP contribution in [-0.2, 0) is 14.2 Å². The second-order valence-electron chi connectivity index (χ2n) is 16.8. The highest BCUT2D eigenvalue weighted by Crippen LogP contribution is 2.69. The lowest BCUT2D eigenvalue weighted by Gasteiger charge is -2.66. The summed E-state index contributed by atoms with van der Waals surface area (Å²) in [5, 5.41) is 88.3. The number of aliphatic hydroxyl groups is 8. The predicted molar refractivity (Wildman–Crippen MR) is 168 cm³/mol. The number of ether oxygens (including phenoxy) is 3. The van der Waals surface area contributed by atoms with E-state index in [9.17, 15) is 40.9 Å². The van der Waals surface area contributed by atoms with E-state index < -0.39 is 66.8 Å². The van der Waals surface area contributed by atoms with Crippen LogP contribution in [0.15, 0.2) is 0 Å². The Hall–Kier alpha value is -0.440. The number of methoxy groups -OCH3 is 1. The van der Waals surface area contributed by atoms with Crippen molar-refractivity contribution in [3.05, 3.63) is 0 Å². The van der Waals surface area contributed by atoms with Gasteiger partial charge in [0.25, 0.3) is 0 Å². The number of fused-ring (bicyclic) bond motifs is 5. The molecular weight excluding hydrogens is 596 g/mol. The summed E-state index contributed by atoms with van der Waals surface area (Å²) in [6.07, 6.45) is -2.03. The first-order valence-electron chi connectivity index (χ1n) is 17.7. The summed E-state index contributed by atoms with van der Waals surface area (Å²) < 4.78 is 16.7. The van der Waals surface area contributed by atoms with Crippen molar-refractivity contribution in [2.45, 2.75) is 153 Å². The van der Waals surface area contributed by atoms with E-state index >= 15 is 0 Å². The molecule has 4 saturated carbocycles. The fraction of sp³-hybridized carbons (Fsp3) is 1.00. The van der Waals surface area contributed by atoms with Crippen LogP contribution in [0.2, 0.25) is 0 Å². The average Bonchev–Trinajstić information content (AvgIpc) is 3.44. The van der Waals surface area contributed by atoms with Crippen LogP contribution in [0.5, 0.6) is 0 Å². The third-order valence-corrected chi connectivity index (χ3v) is 14.1. The molecule has 4 aliphatic carbocycles. The zero-order valence-corrected chi connectivity index (χ0v) is 28.7. The number of hydrogen-bond acceptors (Lipinski definition) is 11. The second-order valence-corrected chi connectivity index (χ2v) is 16.8. The smallest absolute Gasteiger partial charge is 0.186 e. The minimum Gasteiger partial charge on any atom is -0.394 e. The molecule has 46 heavy (non-hydrogen) atoms. The molecule has 268 valence electrons. The van der Waals surface area contributed by atoms with Crippen LogP contribution in [0.25, 0.3) is 0 Å². The van der Waals surface area contributed by atoms with Crippen LogP contribution in [0.3, 0.4) is 0 Å². The van der Waals surface area contributed by atoms with Crippen LogP contribution in [0, 0.1) is 46.3 Å². The highest BCUT2D eigenvalue weighted by molar-refractivity contribution is 5.20. The van der Waals surface area contributed by atoms with Gasteiger partial charge in [0.1, 0.15) is 24.4 Å². The van der Waals surface area contributed by atoms with Crippen molar-refractivity contribution in [2.75, 3.05) is 20.3 Å². The van der Waals surface area contributed by atoms with Crippen molar-refractivity contribution < 1.29 is 55.1 Å². The fourth-order valence-electron chi connectivity index (χ4n) is 11.3. The molecule has 1 aliphatic heterocycles. The third kappa shape index (κ3) is 6.01. The summed E-state index contributed by atoms with van der Waals surface area (Å²) in [5.41, 5.74) is -3.08. The van der Waals surface area contributed by atoms with Gasteiger partial charge in [-0.15, -0.1) is 0 Å². The zero-order valence-electron chi connectivity index (χ0n) is 28.7. The molecular formula is C35H62O11. The Kier molecular flexibility index (Phi) is 10.7. The summed E-state index contributed by atoms with van der Waals surface area (Å²) in [7, 11) is 1.38. The molecule has 5 rings (SSSR count). The number of aliphatic hydroxyl groups excluding tert-OH is 6. The van der Waals surface area contributed by atoms with E-state index in [1.165, 1.54) is 7.11 Å². The molecule has 11 nitrogen and oxygen atoms in total. The first kappa shape index (κ1) is 36.8. The summed E-state index contributed by atoms with van der Waals surface area (Å²) in [4.78, 5) is 0. The maximum Gasteiger partial charge on any atom is 0.186 e. The Labute approximate surface area is 274 Å². The van der Waals surface area contributed by atoms with Crippen molar-refractivity contribution in [1.29, 1.82) is 0 Å². The van der Waals surface area contributed by atoms with E-state index in [2.05, 4.69) is 20.8 Å². The van der Waals surface area contributed by atoms with Gasteiger partial charge < -0.3 is 55.1 Å². The Morgan fingerprint density at radius 2 is 1.61 bits per heavy atom. The minimum atomic E-state index is -1.36. The molecule has 11 heteroatoms. The summed E-state index contributed by atoms with van der Waals surface area (Å²) in [5.74, 6) is -0.449. The Morgan fingerprint density at radius 1 is 0.935 bits per heavy atom. The highest BCUT2D eigenvalue weighted by Gasteiger charge is 2.70. The molecule has 0 aromatic carbocycles. The summed E-state index contributed by atoms with van der Waals surface area (Å²) >= 11 is 0. The van der Waals surface area contributed by atoms with Crippen LogP contribution in [0.4, 0.5) is 0 Å². The SMILES string of the molecule is COC(CO)[C@@H]1O[C@@H](OCC(O)(CC[C@@H](C)[C@H]2C[C@@H](O)[C@@H]3[C@]2(C)CC[C@@H]2[C@@]4(C)CC[C@H](O)C[C@@H]4[C@@H](O)C[C@]23O)C(C)C)[C@H](O)[C@H]1O. The van der Waals surface area contributed by atoms with Crippen molar-refractivity contribution in [1.82, 2.24) is 0 Å². The van der Waals surface area contributed by atoms with Gasteiger partial charge in [0.2, 0.25) is 0 Å². The fourth-order valence-corrected chi connectivity index (χ4v) is 11.3. The lowest BCUT2D eigenvalue weighted by Crippen LogP contribution is -2.68. The number of hydrogen-bond donors (Lipinski definition) is 8. The predicted octanol–water partition coefficient (Wildman–Crippen LogP) is 1.34. The van der Waals surface area contributed by atoms with E-state index in [0.29, 0.717) is 32.1 Å². The topological polar surface area (TPSA) is 190 Å². The molecule has 1 saturated heterocycles. The summed E-state index contributed by atoms with van der Waals surface area (Å²) in [6.45, 7) is 9.82. The quantitative estimate of drug-likeness (QED) is 0.160. The van der Waals surface area contributed by atoms with Crippen LogP contribution < -0.4 is 0 Å². The van der Waals surface area contributed by atoms with Crippen molar-refractivity contribution in [3.8, 4) is 0 Å². The maximum atomic E-state index is 12.6. The Morgan fingerprint density at radius 3 is 2.24 bits per heavy atom. The van der Waals surface area contributed by atoms with Gasteiger partial charge >= 0.3 is 0 Å². The first-order chi connectivity index (χ1) is 21.5. The third-order valence-electron chi connectivity index (χ3n) is 14.1. The standard InChI is InChI=1S/C35H62O11/c1-18(2)34(42,17-45-31-28(41)27(40)29(46-31)25(16-36)44-6)12-7-19(3)21-14-23(38)30-33(21,5)11-9-26-32(4)10-8-20(37)13-22(32)24(39)15-35(26,30)43/h18-31,36-43H,7-17H2,1-6H3/t19-,20+,21-,22-,23-,24+,25?,26-,27-,28-,29+,30-,31-,32+,33-,34?,35+/m1/s1. The average molecular weight is 659 g/mol. The van der Waals surface area contributed by atoms with Gasteiger partial charge in [0.15, 0.2) is 6.29 Å². The van der Waals surface area contributed by atoms with E-state index in [1.54, 1.807) is 0 Å². The molecule has 0 bridgehead atoms. The molecule has 0 spiro atoms. The van der Waals surface area contributed by atoms with Crippen molar-refractivity contribution in [3.63, 3.8) is 0 Å².